The maximum absolute atomic E-state index is 6.31. The molecule has 3 aliphatic rings. The molecule has 4 heterocycles. The molecule has 5 rings (SSSR count). The molecule has 1 aromatic heterocycles. The summed E-state index contributed by atoms with van der Waals surface area (Å²) in [5.41, 5.74) is 3.00. The molecular formula is C18H20ClN3O. The molecule has 3 saturated heterocycles. The zero-order chi connectivity index (χ0) is 15.8. The second-order valence-corrected chi connectivity index (χ2v) is 6.94. The second-order valence-electron chi connectivity index (χ2n) is 6.53. The van der Waals surface area contributed by atoms with Gasteiger partial charge in [0.05, 0.1) is 0 Å². The number of aryl methyl sites for hydroxylation is 1. The number of aromatic nitrogens is 2. The fourth-order valence-electron chi connectivity index (χ4n) is 3.55. The lowest BCUT2D eigenvalue weighted by molar-refractivity contribution is -0.0123. The average molecular weight is 330 g/mol. The highest BCUT2D eigenvalue weighted by Gasteiger charge is 2.35. The molecule has 0 unspecified atom stereocenters. The van der Waals surface area contributed by atoms with Gasteiger partial charge in [0.1, 0.15) is 6.10 Å². The maximum atomic E-state index is 6.31. The van der Waals surface area contributed by atoms with Gasteiger partial charge in [0.25, 0.3) is 0 Å². The molecule has 2 bridgehead atoms. The Hall–Kier alpha value is -1.65. The zero-order valence-electron chi connectivity index (χ0n) is 13.2. The van der Waals surface area contributed by atoms with Crippen LogP contribution in [0.3, 0.4) is 0 Å². The summed E-state index contributed by atoms with van der Waals surface area (Å²) >= 11 is 6.31. The maximum Gasteiger partial charge on any atom is 0.316 e. The minimum absolute atomic E-state index is 0.228. The number of hydrogen-bond acceptors (Lipinski definition) is 4. The minimum Gasteiger partial charge on any atom is -0.458 e. The summed E-state index contributed by atoms with van der Waals surface area (Å²) in [6.45, 7) is 5.43. The molecule has 5 heteroatoms. The fourth-order valence-corrected chi connectivity index (χ4v) is 3.89. The lowest BCUT2D eigenvalue weighted by atomic mass is 9.86. The molecular weight excluding hydrogens is 310 g/mol. The highest BCUT2D eigenvalue weighted by Crippen LogP contribution is 2.31. The van der Waals surface area contributed by atoms with Crippen LogP contribution in [0.5, 0.6) is 6.01 Å². The summed E-state index contributed by atoms with van der Waals surface area (Å²) < 4.78 is 6.03. The van der Waals surface area contributed by atoms with Crippen molar-refractivity contribution in [3.63, 3.8) is 0 Å². The third-order valence-corrected chi connectivity index (χ3v) is 5.23. The van der Waals surface area contributed by atoms with Gasteiger partial charge in [-0.15, -0.1) is 0 Å². The van der Waals surface area contributed by atoms with Crippen LogP contribution < -0.4 is 4.74 Å². The van der Waals surface area contributed by atoms with E-state index in [0.29, 0.717) is 11.9 Å². The van der Waals surface area contributed by atoms with Gasteiger partial charge in [-0.25, -0.2) is 9.97 Å². The Labute approximate surface area is 141 Å². The molecule has 1 atom stereocenters. The Balaban J connectivity index is 1.50. The van der Waals surface area contributed by atoms with Gasteiger partial charge < -0.3 is 4.74 Å². The highest BCUT2D eigenvalue weighted by atomic mass is 35.5. The van der Waals surface area contributed by atoms with Crippen molar-refractivity contribution in [2.75, 3.05) is 19.6 Å². The first kappa shape index (κ1) is 14.9. The molecule has 1 aromatic carbocycles. The van der Waals surface area contributed by atoms with Gasteiger partial charge in [0, 0.05) is 35.1 Å². The van der Waals surface area contributed by atoms with Crippen LogP contribution in [0.25, 0.3) is 11.1 Å². The van der Waals surface area contributed by atoms with Crippen LogP contribution in [-0.2, 0) is 0 Å². The van der Waals surface area contributed by atoms with Gasteiger partial charge in [0.15, 0.2) is 0 Å². The van der Waals surface area contributed by atoms with Gasteiger partial charge in [-0.3, -0.25) is 4.90 Å². The average Bonchev–Trinajstić information content (AvgIpc) is 2.57. The van der Waals surface area contributed by atoms with Gasteiger partial charge in [-0.1, -0.05) is 23.7 Å². The normalized spacial score (nSPS) is 26.3. The van der Waals surface area contributed by atoms with Crippen LogP contribution >= 0.6 is 11.6 Å². The Morgan fingerprint density at radius 2 is 1.91 bits per heavy atom. The molecule has 0 amide bonds. The van der Waals surface area contributed by atoms with E-state index in [0.717, 1.165) is 28.3 Å². The number of benzene rings is 1. The predicted octanol–water partition coefficient (Wildman–Crippen LogP) is 3.58. The first-order valence-corrected chi connectivity index (χ1v) is 8.54. The summed E-state index contributed by atoms with van der Waals surface area (Å²) in [6.07, 6.45) is 6.26. The van der Waals surface area contributed by atoms with Crippen molar-refractivity contribution < 1.29 is 4.74 Å². The summed E-state index contributed by atoms with van der Waals surface area (Å²) in [6, 6.07) is 6.47. The van der Waals surface area contributed by atoms with Crippen molar-refractivity contribution in [1.82, 2.24) is 14.9 Å². The Morgan fingerprint density at radius 1 is 1.17 bits per heavy atom. The summed E-state index contributed by atoms with van der Waals surface area (Å²) in [7, 11) is 0. The molecule has 4 nitrogen and oxygen atoms in total. The van der Waals surface area contributed by atoms with Crippen LogP contribution in [0, 0.1) is 12.8 Å². The third-order valence-electron chi connectivity index (χ3n) is 4.92. The monoisotopic (exact) mass is 329 g/mol. The topological polar surface area (TPSA) is 38.2 Å². The summed E-state index contributed by atoms with van der Waals surface area (Å²) in [5.74, 6) is 0.648. The smallest absolute Gasteiger partial charge is 0.316 e. The van der Waals surface area contributed by atoms with E-state index in [1.54, 1.807) is 12.4 Å². The number of ether oxygens (including phenoxy) is 1. The van der Waals surface area contributed by atoms with Crippen molar-refractivity contribution in [3.05, 3.63) is 41.2 Å². The Bertz CT molecular complexity index is 696. The summed E-state index contributed by atoms with van der Waals surface area (Å²) in [4.78, 5) is 11.2. The molecule has 3 fully saturated rings. The van der Waals surface area contributed by atoms with Crippen molar-refractivity contribution in [3.8, 4) is 17.1 Å². The largest absolute Gasteiger partial charge is 0.458 e. The number of fused-ring (bicyclic) bond motifs is 3. The first-order valence-electron chi connectivity index (χ1n) is 8.16. The van der Waals surface area contributed by atoms with E-state index < -0.39 is 0 Å². The van der Waals surface area contributed by atoms with E-state index in [9.17, 15) is 0 Å². The molecule has 23 heavy (non-hydrogen) atoms. The van der Waals surface area contributed by atoms with E-state index in [4.69, 9.17) is 16.3 Å². The molecule has 0 N–H and O–H groups in total. The van der Waals surface area contributed by atoms with E-state index in [2.05, 4.69) is 14.9 Å². The lowest BCUT2D eigenvalue weighted by Crippen LogP contribution is -2.52. The van der Waals surface area contributed by atoms with E-state index in [-0.39, 0.29) is 6.10 Å². The number of nitrogens with zero attached hydrogens (tertiary/aromatic N) is 3. The first-order chi connectivity index (χ1) is 11.2. The van der Waals surface area contributed by atoms with Crippen LogP contribution in [0.15, 0.2) is 30.6 Å². The Kier molecular flexibility index (Phi) is 3.95. The fraction of sp³-hybridized carbons (Fsp3) is 0.444. The molecule has 120 valence electrons. The van der Waals surface area contributed by atoms with Crippen LogP contribution in [0.1, 0.15) is 18.4 Å². The predicted molar refractivity (Wildman–Crippen MR) is 90.8 cm³/mol. The highest BCUT2D eigenvalue weighted by molar-refractivity contribution is 6.33. The van der Waals surface area contributed by atoms with Crippen molar-refractivity contribution in [2.24, 2.45) is 5.92 Å². The number of rotatable bonds is 3. The lowest BCUT2D eigenvalue weighted by Gasteiger charge is -2.43. The molecule has 3 aliphatic heterocycles. The van der Waals surface area contributed by atoms with E-state index in [1.165, 1.54) is 25.9 Å². The van der Waals surface area contributed by atoms with Crippen LogP contribution in [0.2, 0.25) is 5.02 Å². The standard InChI is InChI=1S/C18H20ClN3O/c1-12-2-3-15(16(19)8-12)14-9-20-18(21-10-14)23-17-11-22-6-4-13(17)5-7-22/h2-3,8-10,13,17H,4-7,11H2,1H3/t17-/m0/s1. The molecule has 2 aromatic rings. The number of halogens is 1. The van der Waals surface area contributed by atoms with Crippen molar-refractivity contribution in [1.29, 1.82) is 0 Å². The van der Waals surface area contributed by atoms with E-state index in [1.807, 2.05) is 25.1 Å². The molecule has 0 radical (unpaired) electrons. The van der Waals surface area contributed by atoms with Crippen LogP contribution in [-0.4, -0.2) is 40.6 Å². The third kappa shape index (κ3) is 3.06. The van der Waals surface area contributed by atoms with Crippen LogP contribution in [0.4, 0.5) is 0 Å². The Morgan fingerprint density at radius 3 is 2.52 bits per heavy atom. The number of hydrogen-bond donors (Lipinski definition) is 0. The van der Waals surface area contributed by atoms with Crippen molar-refractivity contribution in [2.45, 2.75) is 25.9 Å². The van der Waals surface area contributed by atoms with Gasteiger partial charge >= 0.3 is 6.01 Å². The summed E-state index contributed by atoms with van der Waals surface area (Å²) in [5, 5.41) is 0.722. The van der Waals surface area contributed by atoms with Gasteiger partial charge in [-0.2, -0.15) is 0 Å². The second kappa shape index (κ2) is 6.10. The van der Waals surface area contributed by atoms with Gasteiger partial charge in [0.2, 0.25) is 0 Å². The van der Waals surface area contributed by atoms with Gasteiger partial charge in [-0.05, 0) is 50.4 Å². The van der Waals surface area contributed by atoms with E-state index >= 15 is 0 Å². The minimum atomic E-state index is 0.228. The SMILES string of the molecule is Cc1ccc(-c2cnc(O[C@H]3CN4CCC3CC4)nc2)c(Cl)c1. The quantitative estimate of drug-likeness (QED) is 0.862. The number of piperidine rings is 3. The zero-order valence-corrected chi connectivity index (χ0v) is 14.0. The molecule has 0 saturated carbocycles. The molecule has 0 spiro atoms. The molecule has 0 aliphatic carbocycles. The van der Waals surface area contributed by atoms with Crippen molar-refractivity contribution >= 4 is 11.6 Å².